The van der Waals surface area contributed by atoms with Crippen LogP contribution in [0.3, 0.4) is 0 Å². The number of halogens is 1. The zero-order chi connectivity index (χ0) is 21.8. The van der Waals surface area contributed by atoms with Crippen LogP contribution in [0.15, 0.2) is 59.1 Å². The summed E-state index contributed by atoms with van der Waals surface area (Å²) in [7, 11) is 0. The first-order valence-electron chi connectivity index (χ1n) is 10.6. The van der Waals surface area contributed by atoms with E-state index >= 15 is 0 Å². The number of anilines is 1. The lowest BCUT2D eigenvalue weighted by Crippen LogP contribution is -2.33. The van der Waals surface area contributed by atoms with Gasteiger partial charge < -0.3 is 19.2 Å². The fraction of sp³-hybridized carbons (Fsp3) is 0.333. The lowest BCUT2D eigenvalue weighted by molar-refractivity contribution is -0.133. The first-order valence-corrected chi connectivity index (χ1v) is 10.6. The fourth-order valence-corrected chi connectivity index (χ4v) is 3.55. The summed E-state index contributed by atoms with van der Waals surface area (Å²) in [4.78, 5) is 26.9. The second-order valence-corrected chi connectivity index (χ2v) is 7.89. The monoisotopic (exact) mass is 423 g/mol. The van der Waals surface area contributed by atoms with Gasteiger partial charge in [0, 0.05) is 30.0 Å². The van der Waals surface area contributed by atoms with Crippen LogP contribution in [0, 0.1) is 11.7 Å². The summed E-state index contributed by atoms with van der Waals surface area (Å²) in [5.74, 6) is 0.503. The van der Waals surface area contributed by atoms with Crippen molar-refractivity contribution in [3.8, 4) is 0 Å². The Bertz CT molecular complexity index is 1050. The molecular formula is C24H26FN3O3. The van der Waals surface area contributed by atoms with E-state index in [9.17, 15) is 14.0 Å². The normalized spacial score (nSPS) is 13.2. The third-order valence-corrected chi connectivity index (χ3v) is 5.32. The Kier molecular flexibility index (Phi) is 6.21. The zero-order valence-corrected chi connectivity index (χ0v) is 17.5. The molecule has 6 nitrogen and oxygen atoms in total. The Labute approximate surface area is 180 Å². The SMILES string of the molecule is CCCN(Cc1cccn1Cc1ccc(C(=O)Nc2ccc(F)cc2)o1)C(=O)C1CC1. The predicted octanol–water partition coefficient (Wildman–Crippen LogP) is 4.67. The first kappa shape index (κ1) is 20.9. The molecule has 0 saturated heterocycles. The smallest absolute Gasteiger partial charge is 0.291 e. The minimum Gasteiger partial charge on any atom is -0.454 e. The fourth-order valence-electron chi connectivity index (χ4n) is 3.55. The molecule has 0 spiro atoms. The van der Waals surface area contributed by atoms with Crippen molar-refractivity contribution >= 4 is 17.5 Å². The number of amides is 2. The quantitative estimate of drug-likeness (QED) is 0.544. The molecule has 0 aliphatic heterocycles. The molecule has 1 aliphatic carbocycles. The van der Waals surface area contributed by atoms with Gasteiger partial charge in [-0.2, -0.15) is 0 Å². The van der Waals surface area contributed by atoms with E-state index in [4.69, 9.17) is 4.42 Å². The lowest BCUT2D eigenvalue weighted by Gasteiger charge is -2.23. The Hall–Kier alpha value is -3.35. The molecule has 162 valence electrons. The largest absolute Gasteiger partial charge is 0.454 e. The number of nitrogens with zero attached hydrogens (tertiary/aromatic N) is 2. The summed E-state index contributed by atoms with van der Waals surface area (Å²) in [5, 5.41) is 2.69. The topological polar surface area (TPSA) is 67.5 Å². The van der Waals surface area contributed by atoms with Crippen LogP contribution in [-0.2, 0) is 17.9 Å². The highest BCUT2D eigenvalue weighted by Crippen LogP contribution is 2.31. The number of carbonyl (C=O) groups is 2. The highest BCUT2D eigenvalue weighted by Gasteiger charge is 2.33. The molecule has 0 unspecified atom stereocenters. The third-order valence-electron chi connectivity index (χ3n) is 5.32. The van der Waals surface area contributed by atoms with Gasteiger partial charge in [0.25, 0.3) is 5.91 Å². The van der Waals surface area contributed by atoms with Gasteiger partial charge in [-0.1, -0.05) is 6.92 Å². The Morgan fingerprint density at radius 2 is 1.94 bits per heavy atom. The molecule has 1 aliphatic rings. The van der Waals surface area contributed by atoms with Crippen molar-refractivity contribution in [2.24, 2.45) is 5.92 Å². The van der Waals surface area contributed by atoms with Crippen LogP contribution in [0.1, 0.15) is 48.2 Å². The highest BCUT2D eigenvalue weighted by atomic mass is 19.1. The van der Waals surface area contributed by atoms with E-state index in [0.29, 0.717) is 24.5 Å². The Morgan fingerprint density at radius 1 is 1.16 bits per heavy atom. The Morgan fingerprint density at radius 3 is 2.65 bits per heavy atom. The summed E-state index contributed by atoms with van der Waals surface area (Å²) in [5.41, 5.74) is 1.52. The third kappa shape index (κ3) is 5.23. The number of aromatic nitrogens is 1. The van der Waals surface area contributed by atoms with E-state index in [1.807, 2.05) is 27.8 Å². The molecule has 0 atom stereocenters. The maximum Gasteiger partial charge on any atom is 0.291 e. The van der Waals surface area contributed by atoms with Crippen LogP contribution >= 0.6 is 0 Å². The zero-order valence-electron chi connectivity index (χ0n) is 17.5. The number of nitrogens with one attached hydrogen (secondary N) is 1. The van der Waals surface area contributed by atoms with Gasteiger partial charge in [-0.25, -0.2) is 4.39 Å². The molecule has 1 fully saturated rings. The second-order valence-electron chi connectivity index (χ2n) is 7.89. The van der Waals surface area contributed by atoms with Gasteiger partial charge in [0.2, 0.25) is 5.91 Å². The molecule has 31 heavy (non-hydrogen) atoms. The highest BCUT2D eigenvalue weighted by molar-refractivity contribution is 6.02. The van der Waals surface area contributed by atoms with Crippen LogP contribution in [0.25, 0.3) is 0 Å². The van der Waals surface area contributed by atoms with Gasteiger partial charge in [0.1, 0.15) is 11.6 Å². The minimum absolute atomic E-state index is 0.185. The van der Waals surface area contributed by atoms with Crippen molar-refractivity contribution in [2.75, 3.05) is 11.9 Å². The van der Waals surface area contributed by atoms with E-state index in [1.54, 1.807) is 12.1 Å². The van der Waals surface area contributed by atoms with Gasteiger partial charge in [0.15, 0.2) is 5.76 Å². The van der Waals surface area contributed by atoms with Crippen molar-refractivity contribution in [1.82, 2.24) is 9.47 Å². The molecule has 0 bridgehead atoms. The van der Waals surface area contributed by atoms with Crippen molar-refractivity contribution in [1.29, 1.82) is 0 Å². The van der Waals surface area contributed by atoms with E-state index in [1.165, 1.54) is 24.3 Å². The number of hydrogen-bond acceptors (Lipinski definition) is 3. The summed E-state index contributed by atoms with van der Waals surface area (Å²) in [6.45, 7) is 3.85. The molecule has 2 heterocycles. The maximum atomic E-state index is 13.0. The first-order chi connectivity index (χ1) is 15.0. The van der Waals surface area contributed by atoms with E-state index in [2.05, 4.69) is 12.2 Å². The average Bonchev–Trinajstić information content (AvgIpc) is 3.36. The molecule has 7 heteroatoms. The summed E-state index contributed by atoms with van der Waals surface area (Å²) in [6.07, 6.45) is 4.86. The maximum absolute atomic E-state index is 13.0. The summed E-state index contributed by atoms with van der Waals surface area (Å²) >= 11 is 0. The van der Waals surface area contributed by atoms with Crippen LogP contribution in [0.5, 0.6) is 0 Å². The molecular weight excluding hydrogens is 397 g/mol. The van der Waals surface area contributed by atoms with Crippen LogP contribution in [-0.4, -0.2) is 27.8 Å². The standard InChI is InChI=1S/C24H26FN3O3/c1-2-13-28(24(30)17-5-6-17)15-20-4-3-14-27(20)16-21-11-12-22(31-21)23(29)26-19-9-7-18(25)8-10-19/h3-4,7-12,14,17H,2,5-6,13,15-16H2,1H3,(H,26,29). The van der Waals surface area contributed by atoms with E-state index in [0.717, 1.165) is 31.5 Å². The molecule has 2 aromatic heterocycles. The number of benzene rings is 1. The van der Waals surface area contributed by atoms with Crippen molar-refractivity contribution < 1.29 is 18.4 Å². The molecule has 1 N–H and O–H groups in total. The van der Waals surface area contributed by atoms with Gasteiger partial charge in [-0.05, 0) is 67.8 Å². The summed E-state index contributed by atoms with van der Waals surface area (Å²) in [6, 6.07) is 12.9. The number of rotatable bonds is 9. The molecule has 2 amide bonds. The number of hydrogen-bond donors (Lipinski definition) is 1. The van der Waals surface area contributed by atoms with Crippen molar-refractivity contribution in [3.05, 3.63) is 77.8 Å². The minimum atomic E-state index is -0.394. The molecule has 0 radical (unpaired) electrons. The average molecular weight is 423 g/mol. The number of carbonyl (C=O) groups excluding carboxylic acids is 2. The van der Waals surface area contributed by atoms with Crippen LogP contribution in [0.2, 0.25) is 0 Å². The summed E-state index contributed by atoms with van der Waals surface area (Å²) < 4.78 is 20.8. The van der Waals surface area contributed by atoms with Crippen molar-refractivity contribution in [2.45, 2.75) is 39.3 Å². The molecule has 1 saturated carbocycles. The van der Waals surface area contributed by atoms with Gasteiger partial charge in [-0.15, -0.1) is 0 Å². The van der Waals surface area contributed by atoms with E-state index < -0.39 is 5.91 Å². The van der Waals surface area contributed by atoms with Gasteiger partial charge in [0.05, 0.1) is 13.1 Å². The Balaban J connectivity index is 1.40. The molecule has 3 aromatic rings. The van der Waals surface area contributed by atoms with Gasteiger partial charge in [-0.3, -0.25) is 9.59 Å². The molecule has 1 aromatic carbocycles. The predicted molar refractivity (Wildman–Crippen MR) is 115 cm³/mol. The van der Waals surface area contributed by atoms with E-state index in [-0.39, 0.29) is 23.4 Å². The number of furan rings is 1. The second kappa shape index (κ2) is 9.20. The molecule has 4 rings (SSSR count). The lowest BCUT2D eigenvalue weighted by atomic mass is 10.2. The van der Waals surface area contributed by atoms with Crippen LogP contribution in [0.4, 0.5) is 10.1 Å². The van der Waals surface area contributed by atoms with Crippen molar-refractivity contribution in [3.63, 3.8) is 0 Å². The van der Waals surface area contributed by atoms with Gasteiger partial charge >= 0.3 is 0 Å². The van der Waals surface area contributed by atoms with Crippen LogP contribution < -0.4 is 5.32 Å².